The highest BCUT2D eigenvalue weighted by molar-refractivity contribution is 6.08. The van der Waals surface area contributed by atoms with Crippen molar-refractivity contribution in [3.63, 3.8) is 0 Å². The van der Waals surface area contributed by atoms with Gasteiger partial charge >= 0.3 is 0 Å². The molecule has 1 unspecified atom stereocenters. The first-order chi connectivity index (χ1) is 16.0. The summed E-state index contributed by atoms with van der Waals surface area (Å²) < 4.78 is 0. The van der Waals surface area contributed by atoms with Gasteiger partial charge in [0, 0.05) is 44.8 Å². The number of carbonyl (C=O) groups excluding carboxylic acids is 1. The number of rotatable bonds is 7. The van der Waals surface area contributed by atoms with Crippen molar-refractivity contribution in [2.24, 2.45) is 5.92 Å². The van der Waals surface area contributed by atoms with Gasteiger partial charge in [-0.1, -0.05) is 12.8 Å². The molecule has 0 bridgehead atoms. The van der Waals surface area contributed by atoms with Gasteiger partial charge in [0.15, 0.2) is 5.69 Å². The van der Waals surface area contributed by atoms with Crippen molar-refractivity contribution in [3.8, 4) is 6.07 Å². The first kappa shape index (κ1) is 22.3. The Hall–Kier alpha value is -3.86. The van der Waals surface area contributed by atoms with Gasteiger partial charge in [0.2, 0.25) is 0 Å². The average Bonchev–Trinajstić information content (AvgIpc) is 3.48. The number of nitrogens with zero attached hydrogens (tertiary/aromatic N) is 3. The van der Waals surface area contributed by atoms with Crippen LogP contribution in [0.15, 0.2) is 36.7 Å². The molecule has 2 aromatic rings. The molecule has 1 atom stereocenters. The highest BCUT2D eigenvalue weighted by Gasteiger charge is 2.36. The number of hydrogen-bond acceptors (Lipinski definition) is 7. The summed E-state index contributed by atoms with van der Waals surface area (Å²) in [6.07, 6.45) is 9.69. The highest BCUT2D eigenvalue weighted by atomic mass is 16.1. The number of allylic oxidation sites excluding steroid dienone is 1. The van der Waals surface area contributed by atoms with Gasteiger partial charge in [-0.25, -0.2) is 4.98 Å². The van der Waals surface area contributed by atoms with Crippen LogP contribution in [0.2, 0.25) is 0 Å². The number of carbonyl (C=O) groups is 1. The van der Waals surface area contributed by atoms with Crippen molar-refractivity contribution in [2.45, 2.75) is 38.4 Å². The number of aromatic nitrogens is 1. The van der Waals surface area contributed by atoms with Crippen LogP contribution in [0.5, 0.6) is 0 Å². The zero-order valence-electron chi connectivity index (χ0n) is 19.0. The molecule has 1 aliphatic heterocycles. The second-order valence-corrected chi connectivity index (χ2v) is 8.55. The third-order valence-corrected chi connectivity index (χ3v) is 6.42. The smallest absolute Gasteiger partial charge is 0.272 e. The van der Waals surface area contributed by atoms with Crippen molar-refractivity contribution >= 4 is 29.1 Å². The molecule has 170 valence electrons. The monoisotopic (exact) mass is 443 g/mol. The number of anilines is 2. The first-order valence-electron chi connectivity index (χ1n) is 11.2. The molecule has 8 heteroatoms. The Kier molecular flexibility index (Phi) is 6.59. The minimum atomic E-state index is -0.255. The van der Waals surface area contributed by atoms with Gasteiger partial charge in [-0.2, -0.15) is 5.26 Å². The molecule has 1 aromatic carbocycles. The van der Waals surface area contributed by atoms with E-state index in [9.17, 15) is 10.1 Å². The lowest BCUT2D eigenvalue weighted by Crippen LogP contribution is -2.39. The van der Waals surface area contributed by atoms with E-state index in [1.807, 2.05) is 19.2 Å². The summed E-state index contributed by atoms with van der Waals surface area (Å²) in [6, 6.07) is 9.44. The topological polar surface area (TPSA) is 117 Å². The molecule has 1 aliphatic carbocycles. The van der Waals surface area contributed by atoms with Crippen LogP contribution in [0.4, 0.5) is 11.4 Å². The predicted octanol–water partition coefficient (Wildman–Crippen LogP) is 3.47. The zero-order valence-corrected chi connectivity index (χ0v) is 19.0. The van der Waals surface area contributed by atoms with Crippen molar-refractivity contribution in [2.75, 3.05) is 24.3 Å². The largest absolute Gasteiger partial charge is 0.393 e. The molecule has 2 heterocycles. The summed E-state index contributed by atoms with van der Waals surface area (Å²) >= 11 is 0. The van der Waals surface area contributed by atoms with Gasteiger partial charge in [0.25, 0.3) is 5.91 Å². The van der Waals surface area contributed by atoms with Crippen LogP contribution in [0.3, 0.4) is 0 Å². The SMILES string of the molecule is CN/C=C(\C=N)c1cc(C#N)cc(CNC(=O)c2nccc3c2N(C)C(C2CCCC2)N3)c1. The van der Waals surface area contributed by atoms with Crippen molar-refractivity contribution in [1.29, 1.82) is 10.7 Å². The van der Waals surface area contributed by atoms with Crippen LogP contribution in [0.25, 0.3) is 5.57 Å². The Balaban J connectivity index is 1.53. The summed E-state index contributed by atoms with van der Waals surface area (Å²) in [5, 5.41) is 26.5. The fourth-order valence-corrected chi connectivity index (χ4v) is 4.85. The Bertz CT molecular complexity index is 1130. The predicted molar refractivity (Wildman–Crippen MR) is 130 cm³/mol. The van der Waals surface area contributed by atoms with Gasteiger partial charge in [0.1, 0.15) is 6.17 Å². The van der Waals surface area contributed by atoms with E-state index in [2.05, 4.69) is 31.9 Å². The van der Waals surface area contributed by atoms with Crippen LogP contribution in [-0.4, -0.2) is 37.4 Å². The Morgan fingerprint density at radius 1 is 1.36 bits per heavy atom. The van der Waals surface area contributed by atoms with E-state index in [0.717, 1.165) is 22.5 Å². The fourth-order valence-electron chi connectivity index (χ4n) is 4.85. The van der Waals surface area contributed by atoms with Crippen molar-refractivity contribution in [1.82, 2.24) is 15.6 Å². The van der Waals surface area contributed by atoms with E-state index in [-0.39, 0.29) is 18.6 Å². The maximum absolute atomic E-state index is 13.1. The molecule has 33 heavy (non-hydrogen) atoms. The number of amides is 1. The molecule has 1 amide bonds. The van der Waals surface area contributed by atoms with E-state index in [1.54, 1.807) is 31.6 Å². The number of benzene rings is 1. The molecule has 1 fully saturated rings. The zero-order chi connectivity index (χ0) is 23.4. The Morgan fingerprint density at radius 2 is 2.15 bits per heavy atom. The number of nitrogens with one attached hydrogen (secondary N) is 4. The molecule has 4 N–H and O–H groups in total. The number of hydrogen-bond donors (Lipinski definition) is 4. The highest BCUT2D eigenvalue weighted by Crippen LogP contribution is 2.41. The lowest BCUT2D eigenvalue weighted by Gasteiger charge is -2.28. The second kappa shape index (κ2) is 9.74. The molecule has 0 radical (unpaired) electrons. The molecule has 8 nitrogen and oxygen atoms in total. The number of fused-ring (bicyclic) bond motifs is 1. The van der Waals surface area contributed by atoms with Gasteiger partial charge < -0.3 is 26.3 Å². The van der Waals surface area contributed by atoms with Gasteiger partial charge in [-0.3, -0.25) is 4.79 Å². The summed E-state index contributed by atoms with van der Waals surface area (Å²) in [5.41, 5.74) is 4.82. The summed E-state index contributed by atoms with van der Waals surface area (Å²) in [4.78, 5) is 19.7. The van der Waals surface area contributed by atoms with Gasteiger partial charge in [-0.15, -0.1) is 0 Å². The first-order valence-corrected chi connectivity index (χ1v) is 11.2. The third kappa shape index (κ3) is 4.53. The molecular weight excluding hydrogens is 414 g/mol. The maximum Gasteiger partial charge on any atom is 0.272 e. The molecule has 1 saturated carbocycles. The second-order valence-electron chi connectivity index (χ2n) is 8.55. The molecular formula is C25H29N7O. The minimum absolute atomic E-state index is 0.187. The Morgan fingerprint density at radius 3 is 2.85 bits per heavy atom. The van der Waals surface area contributed by atoms with E-state index in [0.29, 0.717) is 22.7 Å². The van der Waals surface area contributed by atoms with E-state index in [4.69, 9.17) is 5.41 Å². The van der Waals surface area contributed by atoms with Gasteiger partial charge in [0.05, 0.1) is 23.0 Å². The van der Waals surface area contributed by atoms with E-state index >= 15 is 0 Å². The quantitative estimate of drug-likeness (QED) is 0.487. The van der Waals surface area contributed by atoms with Crippen molar-refractivity contribution < 1.29 is 4.79 Å². The summed E-state index contributed by atoms with van der Waals surface area (Å²) in [7, 11) is 3.78. The lowest BCUT2D eigenvalue weighted by molar-refractivity contribution is 0.0946. The standard InChI is InChI=1S/C25H29N7O/c1-28-15-20(13-27)19-10-16(12-26)9-17(11-19)14-30-25(33)22-23-21(7-8-29-22)31-24(32(23)2)18-5-3-4-6-18/h7-11,13,15,18,24,27-28,31H,3-6,14H2,1-2H3,(H,30,33)/b20-15+,27-13?. The molecule has 2 aliphatic rings. The molecule has 0 saturated heterocycles. The maximum atomic E-state index is 13.1. The van der Waals surface area contributed by atoms with Crippen LogP contribution < -0.4 is 20.9 Å². The summed E-state index contributed by atoms with van der Waals surface area (Å²) in [5.74, 6) is 0.314. The third-order valence-electron chi connectivity index (χ3n) is 6.42. The van der Waals surface area contributed by atoms with Crippen LogP contribution in [0, 0.1) is 22.7 Å². The molecule has 0 spiro atoms. The van der Waals surface area contributed by atoms with Crippen LogP contribution in [-0.2, 0) is 6.54 Å². The van der Waals surface area contributed by atoms with Crippen LogP contribution in [0.1, 0.15) is 52.9 Å². The van der Waals surface area contributed by atoms with E-state index < -0.39 is 0 Å². The Labute approximate surface area is 194 Å². The average molecular weight is 444 g/mol. The van der Waals surface area contributed by atoms with Gasteiger partial charge in [-0.05, 0) is 54.2 Å². The normalized spacial score (nSPS) is 17.8. The lowest BCUT2D eigenvalue weighted by atomic mass is 10.0. The van der Waals surface area contributed by atoms with E-state index in [1.165, 1.54) is 31.9 Å². The number of pyridine rings is 1. The molecule has 1 aromatic heterocycles. The van der Waals surface area contributed by atoms with Crippen LogP contribution >= 0.6 is 0 Å². The number of nitriles is 1. The minimum Gasteiger partial charge on any atom is -0.393 e. The molecule has 4 rings (SSSR count). The summed E-state index contributed by atoms with van der Waals surface area (Å²) in [6.45, 7) is 0.251. The van der Waals surface area contributed by atoms with Crippen molar-refractivity contribution in [3.05, 3.63) is 59.0 Å². The fraction of sp³-hybridized carbons (Fsp3) is 0.360.